The molecule has 0 aliphatic carbocycles. The molecule has 1 aromatic carbocycles. The Morgan fingerprint density at radius 1 is 1.43 bits per heavy atom. The molecule has 1 fully saturated rings. The molecule has 0 amide bonds. The molecule has 6 nitrogen and oxygen atoms in total. The molecule has 9 heteroatoms. The number of sulfonamides is 1. The van der Waals surface area contributed by atoms with Crippen LogP contribution in [-0.2, 0) is 14.8 Å². The lowest BCUT2D eigenvalue weighted by molar-refractivity contribution is 0.0600. The fourth-order valence-electron chi connectivity index (χ4n) is 2.49. The van der Waals surface area contributed by atoms with Gasteiger partial charge in [-0.25, -0.2) is 13.2 Å². The molecule has 1 aliphatic rings. The Morgan fingerprint density at radius 2 is 2.13 bits per heavy atom. The van der Waals surface area contributed by atoms with Gasteiger partial charge in [-0.2, -0.15) is 4.31 Å². The van der Waals surface area contributed by atoms with Gasteiger partial charge in [-0.3, -0.25) is 0 Å². The predicted molar refractivity (Wildman–Crippen MR) is 93.6 cm³/mol. The number of benzene rings is 1. The number of halogens is 2. The van der Waals surface area contributed by atoms with Crippen molar-refractivity contribution in [1.82, 2.24) is 9.62 Å². The topological polar surface area (TPSA) is 75.7 Å². The van der Waals surface area contributed by atoms with Gasteiger partial charge in [0, 0.05) is 23.6 Å². The van der Waals surface area contributed by atoms with Crippen molar-refractivity contribution in [3.8, 4) is 0 Å². The summed E-state index contributed by atoms with van der Waals surface area (Å²) in [5, 5.41) is 3.12. The molecule has 0 saturated carbocycles. The molecule has 0 aromatic heterocycles. The van der Waals surface area contributed by atoms with E-state index in [1.54, 1.807) is 0 Å². The van der Waals surface area contributed by atoms with Gasteiger partial charge in [-0.05, 0) is 54.0 Å². The van der Waals surface area contributed by atoms with E-state index in [0.717, 1.165) is 12.8 Å². The average molecular weight is 428 g/mol. The number of piperidine rings is 1. The number of likely N-dealkylation sites (N-methyl/N-ethyl adjacent to an activating group) is 1. The molecule has 130 valence electrons. The molecule has 0 spiro atoms. The van der Waals surface area contributed by atoms with Gasteiger partial charge in [0.1, 0.15) is 0 Å². The average Bonchev–Trinajstić information content (AvgIpc) is 2.53. The minimum absolute atomic E-state index is 0. The SMILES string of the molecule is CNC1CCCN(S(=O)(=O)c2ccc(C(=O)OC)cc2Br)C1.Cl. The van der Waals surface area contributed by atoms with Crippen molar-refractivity contribution in [3.05, 3.63) is 28.2 Å². The van der Waals surface area contributed by atoms with Crippen LogP contribution in [-0.4, -0.2) is 52.0 Å². The molecule has 1 saturated heterocycles. The summed E-state index contributed by atoms with van der Waals surface area (Å²) in [7, 11) is -0.471. The Balaban J connectivity index is 0.00000264. The first kappa shape index (κ1) is 20.4. The number of rotatable bonds is 4. The molecule has 1 N–H and O–H groups in total. The Labute approximate surface area is 151 Å². The highest BCUT2D eigenvalue weighted by Gasteiger charge is 2.31. The van der Waals surface area contributed by atoms with Crippen LogP contribution in [0.5, 0.6) is 0 Å². The first-order chi connectivity index (χ1) is 10.4. The van der Waals surface area contributed by atoms with E-state index in [9.17, 15) is 13.2 Å². The fraction of sp³-hybridized carbons (Fsp3) is 0.500. The van der Waals surface area contributed by atoms with E-state index in [-0.39, 0.29) is 23.3 Å². The van der Waals surface area contributed by atoms with Gasteiger partial charge in [0.05, 0.1) is 17.6 Å². The summed E-state index contributed by atoms with van der Waals surface area (Å²) >= 11 is 3.25. The maximum atomic E-state index is 12.8. The van der Waals surface area contributed by atoms with Crippen molar-refractivity contribution in [2.45, 2.75) is 23.8 Å². The lowest BCUT2D eigenvalue weighted by Crippen LogP contribution is -2.46. The molecule has 2 rings (SSSR count). The number of methoxy groups -OCH3 is 1. The quantitative estimate of drug-likeness (QED) is 0.744. The van der Waals surface area contributed by atoms with E-state index in [4.69, 9.17) is 0 Å². The normalized spacial score (nSPS) is 19.0. The number of esters is 1. The summed E-state index contributed by atoms with van der Waals surface area (Å²) in [6.45, 7) is 0.954. The Hall–Kier alpha value is -0.670. The van der Waals surface area contributed by atoms with Gasteiger partial charge in [0.25, 0.3) is 0 Å². The van der Waals surface area contributed by atoms with Crippen molar-refractivity contribution < 1.29 is 17.9 Å². The molecule has 1 atom stereocenters. The van der Waals surface area contributed by atoms with Crippen LogP contribution in [0.2, 0.25) is 0 Å². The van der Waals surface area contributed by atoms with Crippen LogP contribution >= 0.6 is 28.3 Å². The Kier molecular flexibility index (Phi) is 7.47. The van der Waals surface area contributed by atoms with Gasteiger partial charge in [0.15, 0.2) is 0 Å². The van der Waals surface area contributed by atoms with E-state index >= 15 is 0 Å². The minimum Gasteiger partial charge on any atom is -0.465 e. The number of nitrogens with zero attached hydrogens (tertiary/aromatic N) is 1. The lowest BCUT2D eigenvalue weighted by atomic mass is 10.1. The summed E-state index contributed by atoms with van der Waals surface area (Å²) in [5.41, 5.74) is 0.306. The number of hydrogen-bond acceptors (Lipinski definition) is 5. The highest BCUT2D eigenvalue weighted by atomic mass is 79.9. The van der Waals surface area contributed by atoms with E-state index in [2.05, 4.69) is 26.0 Å². The summed E-state index contributed by atoms with van der Waals surface area (Å²) in [6, 6.07) is 4.53. The van der Waals surface area contributed by atoms with E-state index in [1.165, 1.54) is 29.6 Å². The molecular weight excluding hydrogens is 408 g/mol. The van der Waals surface area contributed by atoms with E-state index < -0.39 is 16.0 Å². The zero-order valence-electron chi connectivity index (χ0n) is 12.9. The maximum absolute atomic E-state index is 12.8. The first-order valence-corrected chi connectivity index (χ1v) is 9.18. The highest BCUT2D eigenvalue weighted by Crippen LogP contribution is 2.28. The molecule has 0 bridgehead atoms. The molecule has 1 aromatic rings. The van der Waals surface area contributed by atoms with Crippen LogP contribution in [0.3, 0.4) is 0 Å². The standard InChI is InChI=1S/C14H19BrN2O4S.ClH/c1-16-11-4-3-7-17(9-11)22(19,20)13-6-5-10(8-12(13)15)14(18)21-2;/h5-6,8,11,16H,3-4,7,9H2,1-2H3;1H. The van der Waals surface area contributed by atoms with Gasteiger partial charge in [-0.15, -0.1) is 12.4 Å². The summed E-state index contributed by atoms with van der Waals surface area (Å²) < 4.78 is 32.0. The summed E-state index contributed by atoms with van der Waals surface area (Å²) in [6.07, 6.45) is 1.79. The number of carbonyl (C=O) groups is 1. The van der Waals surface area contributed by atoms with Crippen molar-refractivity contribution in [3.63, 3.8) is 0 Å². The van der Waals surface area contributed by atoms with Crippen molar-refractivity contribution in [2.75, 3.05) is 27.2 Å². The summed E-state index contributed by atoms with van der Waals surface area (Å²) in [4.78, 5) is 11.7. The summed E-state index contributed by atoms with van der Waals surface area (Å²) in [5.74, 6) is -0.502. The van der Waals surface area contributed by atoms with Gasteiger partial charge < -0.3 is 10.1 Å². The third-order valence-corrected chi connectivity index (χ3v) is 6.61. The van der Waals surface area contributed by atoms with Crippen LogP contribution < -0.4 is 5.32 Å². The molecule has 23 heavy (non-hydrogen) atoms. The zero-order valence-corrected chi connectivity index (χ0v) is 16.1. The zero-order chi connectivity index (χ0) is 16.3. The van der Waals surface area contributed by atoms with Crippen molar-refractivity contribution in [2.24, 2.45) is 0 Å². The lowest BCUT2D eigenvalue weighted by Gasteiger charge is -2.31. The maximum Gasteiger partial charge on any atom is 0.337 e. The van der Waals surface area contributed by atoms with Crippen LogP contribution in [0.1, 0.15) is 23.2 Å². The highest BCUT2D eigenvalue weighted by molar-refractivity contribution is 9.10. The second kappa shape index (κ2) is 8.43. The molecule has 0 radical (unpaired) electrons. The third-order valence-electron chi connectivity index (χ3n) is 3.76. The Morgan fingerprint density at radius 3 is 2.70 bits per heavy atom. The predicted octanol–water partition coefficient (Wildman–Crippen LogP) is 2.03. The third kappa shape index (κ3) is 4.45. The Bertz CT molecular complexity index is 669. The van der Waals surface area contributed by atoms with Crippen LogP contribution in [0.15, 0.2) is 27.6 Å². The number of ether oxygens (including phenoxy) is 1. The first-order valence-electron chi connectivity index (χ1n) is 6.95. The largest absolute Gasteiger partial charge is 0.465 e. The fourth-order valence-corrected chi connectivity index (χ4v) is 5.05. The number of carbonyl (C=O) groups excluding carboxylic acids is 1. The minimum atomic E-state index is -3.59. The van der Waals surface area contributed by atoms with Gasteiger partial charge in [0.2, 0.25) is 10.0 Å². The van der Waals surface area contributed by atoms with E-state index in [1.807, 2.05) is 7.05 Å². The molecule has 1 unspecified atom stereocenters. The van der Waals surface area contributed by atoms with Crippen LogP contribution in [0.25, 0.3) is 0 Å². The molecule has 1 heterocycles. The number of hydrogen-bond donors (Lipinski definition) is 1. The van der Waals surface area contributed by atoms with Crippen LogP contribution in [0.4, 0.5) is 0 Å². The second-order valence-electron chi connectivity index (χ2n) is 5.13. The second-order valence-corrected chi connectivity index (χ2v) is 7.89. The molecular formula is C14H20BrClN2O4S. The van der Waals surface area contributed by atoms with E-state index in [0.29, 0.717) is 23.1 Å². The molecule has 1 aliphatic heterocycles. The van der Waals surface area contributed by atoms with Crippen LogP contribution in [0, 0.1) is 0 Å². The van der Waals surface area contributed by atoms with Crippen molar-refractivity contribution >= 4 is 44.3 Å². The monoisotopic (exact) mass is 426 g/mol. The smallest absolute Gasteiger partial charge is 0.337 e. The van der Waals surface area contributed by atoms with Gasteiger partial charge in [-0.1, -0.05) is 0 Å². The van der Waals surface area contributed by atoms with Gasteiger partial charge >= 0.3 is 5.97 Å². The van der Waals surface area contributed by atoms with Crippen molar-refractivity contribution in [1.29, 1.82) is 0 Å². The number of nitrogens with one attached hydrogen (secondary N) is 1.